The molecule has 1 aliphatic heterocycles. The van der Waals surface area contributed by atoms with Crippen LogP contribution in [0, 0.1) is 10.1 Å². The average molecular weight is 311 g/mol. The third-order valence-electron chi connectivity index (χ3n) is 3.64. The predicted octanol–water partition coefficient (Wildman–Crippen LogP) is 3.94. The molecule has 0 amide bonds. The van der Waals surface area contributed by atoms with E-state index < -0.39 is 4.92 Å². The lowest BCUT2D eigenvalue weighted by Gasteiger charge is -2.10. The van der Waals surface area contributed by atoms with E-state index >= 15 is 0 Å². The molecule has 2 aromatic carbocycles. The molecule has 0 unspecified atom stereocenters. The summed E-state index contributed by atoms with van der Waals surface area (Å²) in [4.78, 5) is 10.2. The van der Waals surface area contributed by atoms with Gasteiger partial charge in [0.05, 0.1) is 18.1 Å². The first kappa shape index (κ1) is 15.4. The molecule has 0 aliphatic carbocycles. The topological polar surface area (TPSA) is 61.6 Å². The molecule has 1 heterocycles. The zero-order chi connectivity index (χ0) is 16.1. The van der Waals surface area contributed by atoms with E-state index in [1.807, 2.05) is 36.4 Å². The number of ether oxygens (including phenoxy) is 2. The van der Waals surface area contributed by atoms with Crippen molar-refractivity contribution in [3.05, 3.63) is 81.4 Å². The maximum Gasteiger partial charge on any atom is 0.269 e. The second kappa shape index (κ2) is 7.17. The summed E-state index contributed by atoms with van der Waals surface area (Å²) in [5.74, 6) is 0. The Hall–Kier alpha value is -2.50. The van der Waals surface area contributed by atoms with E-state index in [0.29, 0.717) is 19.6 Å². The Kier molecular flexibility index (Phi) is 4.80. The van der Waals surface area contributed by atoms with Crippen LogP contribution in [0.4, 0.5) is 5.69 Å². The van der Waals surface area contributed by atoms with Gasteiger partial charge in [0.2, 0.25) is 0 Å². The lowest BCUT2D eigenvalue weighted by molar-refractivity contribution is -0.384. The van der Waals surface area contributed by atoms with Crippen molar-refractivity contribution in [2.45, 2.75) is 19.3 Å². The first-order chi connectivity index (χ1) is 11.2. The Bertz CT molecular complexity index is 695. The molecule has 3 rings (SSSR count). The van der Waals surface area contributed by atoms with Crippen LogP contribution in [0.5, 0.6) is 0 Å². The number of hydrogen-bond acceptors (Lipinski definition) is 4. The van der Waals surface area contributed by atoms with Crippen molar-refractivity contribution in [2.75, 3.05) is 6.61 Å². The van der Waals surface area contributed by atoms with Crippen molar-refractivity contribution in [3.8, 4) is 0 Å². The van der Waals surface area contributed by atoms with Gasteiger partial charge in [0.1, 0.15) is 0 Å². The van der Waals surface area contributed by atoms with E-state index in [1.165, 1.54) is 12.1 Å². The summed E-state index contributed by atoms with van der Waals surface area (Å²) < 4.78 is 11.4. The van der Waals surface area contributed by atoms with Crippen molar-refractivity contribution < 1.29 is 14.4 Å². The lowest BCUT2D eigenvalue weighted by atomic mass is 10.1. The van der Waals surface area contributed by atoms with Crippen molar-refractivity contribution in [1.82, 2.24) is 0 Å². The van der Waals surface area contributed by atoms with E-state index in [1.54, 1.807) is 12.1 Å². The van der Waals surface area contributed by atoms with E-state index in [2.05, 4.69) is 0 Å². The van der Waals surface area contributed by atoms with Crippen LogP contribution in [-0.2, 0) is 16.1 Å². The third-order valence-corrected chi connectivity index (χ3v) is 3.64. The fourth-order valence-corrected chi connectivity index (χ4v) is 2.43. The molecule has 0 aromatic heterocycles. The highest BCUT2D eigenvalue weighted by Gasteiger charge is 2.20. The fraction of sp³-hybridized carbons (Fsp3) is 0.222. The molecule has 0 radical (unpaired) electrons. The van der Waals surface area contributed by atoms with Gasteiger partial charge in [-0.2, -0.15) is 0 Å². The van der Waals surface area contributed by atoms with Gasteiger partial charge >= 0.3 is 0 Å². The minimum atomic E-state index is -0.400. The number of nitro groups is 1. The van der Waals surface area contributed by atoms with Crippen LogP contribution in [0.1, 0.15) is 17.5 Å². The van der Waals surface area contributed by atoms with Crippen molar-refractivity contribution in [1.29, 1.82) is 0 Å². The summed E-state index contributed by atoms with van der Waals surface area (Å²) in [5.41, 5.74) is 3.26. The molecule has 0 spiro atoms. The van der Waals surface area contributed by atoms with Gasteiger partial charge in [-0.25, -0.2) is 0 Å². The fourth-order valence-electron chi connectivity index (χ4n) is 2.43. The summed E-state index contributed by atoms with van der Waals surface area (Å²) in [6.07, 6.45) is 2.47. The van der Waals surface area contributed by atoms with Crippen LogP contribution in [0.15, 0.2) is 60.2 Å². The highest BCUT2D eigenvalue weighted by Crippen LogP contribution is 2.24. The Morgan fingerprint density at radius 2 is 1.91 bits per heavy atom. The summed E-state index contributed by atoms with van der Waals surface area (Å²) in [6.45, 7) is 1.05. The Morgan fingerprint density at radius 3 is 2.61 bits per heavy atom. The largest absolute Gasteiger partial charge is 0.348 e. The molecular formula is C18H17NO4. The van der Waals surface area contributed by atoms with E-state index in [9.17, 15) is 10.1 Å². The van der Waals surface area contributed by atoms with Crippen LogP contribution >= 0.6 is 0 Å². The van der Waals surface area contributed by atoms with Gasteiger partial charge in [-0.3, -0.25) is 10.1 Å². The second-order valence-corrected chi connectivity index (χ2v) is 5.39. The third kappa shape index (κ3) is 4.25. The van der Waals surface area contributed by atoms with Crippen LogP contribution in [0.2, 0.25) is 0 Å². The van der Waals surface area contributed by atoms with Gasteiger partial charge in [0, 0.05) is 18.6 Å². The Morgan fingerprint density at radius 1 is 1.17 bits per heavy atom. The molecule has 0 saturated carbocycles. The molecule has 1 atom stereocenters. The van der Waals surface area contributed by atoms with Crippen LogP contribution < -0.4 is 0 Å². The van der Waals surface area contributed by atoms with Crippen molar-refractivity contribution in [2.24, 2.45) is 0 Å². The molecule has 23 heavy (non-hydrogen) atoms. The van der Waals surface area contributed by atoms with E-state index in [4.69, 9.17) is 9.47 Å². The molecule has 1 fully saturated rings. The zero-order valence-corrected chi connectivity index (χ0v) is 12.6. The van der Waals surface area contributed by atoms with Gasteiger partial charge in [0.15, 0.2) is 6.29 Å². The van der Waals surface area contributed by atoms with Gasteiger partial charge < -0.3 is 9.47 Å². The van der Waals surface area contributed by atoms with E-state index in [0.717, 1.165) is 16.7 Å². The molecule has 0 N–H and O–H groups in total. The van der Waals surface area contributed by atoms with Crippen LogP contribution in [-0.4, -0.2) is 17.8 Å². The number of non-ortho nitro benzene ring substituents is 1. The SMILES string of the molecule is O=[N+]([O-])c1ccc(/C=C2\CO[C@H](OCc3ccccc3)C2)cc1. The second-order valence-electron chi connectivity index (χ2n) is 5.39. The highest BCUT2D eigenvalue weighted by atomic mass is 16.7. The molecule has 5 heteroatoms. The maximum atomic E-state index is 10.6. The first-order valence-electron chi connectivity index (χ1n) is 7.42. The van der Waals surface area contributed by atoms with E-state index in [-0.39, 0.29) is 12.0 Å². The minimum Gasteiger partial charge on any atom is -0.348 e. The van der Waals surface area contributed by atoms with Crippen LogP contribution in [0.25, 0.3) is 6.08 Å². The van der Waals surface area contributed by atoms with Gasteiger partial charge in [-0.05, 0) is 28.8 Å². The number of nitro benzene ring substituents is 1. The number of rotatable bonds is 5. The summed E-state index contributed by atoms with van der Waals surface area (Å²) in [7, 11) is 0. The molecule has 118 valence electrons. The molecule has 0 bridgehead atoms. The monoisotopic (exact) mass is 311 g/mol. The first-order valence-corrected chi connectivity index (χ1v) is 7.42. The maximum absolute atomic E-state index is 10.6. The smallest absolute Gasteiger partial charge is 0.269 e. The number of benzene rings is 2. The molecule has 5 nitrogen and oxygen atoms in total. The van der Waals surface area contributed by atoms with Gasteiger partial charge in [-0.15, -0.1) is 0 Å². The van der Waals surface area contributed by atoms with Gasteiger partial charge in [-0.1, -0.05) is 36.4 Å². The summed E-state index contributed by atoms with van der Waals surface area (Å²) in [6, 6.07) is 16.5. The normalized spacial score (nSPS) is 19.1. The molecule has 1 saturated heterocycles. The van der Waals surface area contributed by atoms with Crippen molar-refractivity contribution >= 4 is 11.8 Å². The Balaban J connectivity index is 1.55. The lowest BCUT2D eigenvalue weighted by Crippen LogP contribution is -2.10. The standard InChI is InChI=1S/C18H17NO4/c20-19(21)17-8-6-14(7-9-17)10-16-11-18(23-13-16)22-12-15-4-2-1-3-5-15/h1-10,18H,11-13H2/b16-10-/t18-/m0/s1. The van der Waals surface area contributed by atoms with Crippen LogP contribution in [0.3, 0.4) is 0 Å². The number of nitrogens with zero attached hydrogens (tertiary/aromatic N) is 1. The molecule has 1 aliphatic rings. The Labute approximate surface area is 134 Å². The summed E-state index contributed by atoms with van der Waals surface area (Å²) >= 11 is 0. The highest BCUT2D eigenvalue weighted by molar-refractivity contribution is 5.55. The average Bonchev–Trinajstić information content (AvgIpc) is 3.02. The quantitative estimate of drug-likeness (QED) is 0.620. The predicted molar refractivity (Wildman–Crippen MR) is 86.7 cm³/mol. The summed E-state index contributed by atoms with van der Waals surface area (Å²) in [5, 5.41) is 10.6. The molecule has 2 aromatic rings. The zero-order valence-electron chi connectivity index (χ0n) is 12.6. The van der Waals surface area contributed by atoms with Crippen molar-refractivity contribution in [3.63, 3.8) is 0 Å². The molecular weight excluding hydrogens is 294 g/mol. The minimum absolute atomic E-state index is 0.0962. The van der Waals surface area contributed by atoms with Gasteiger partial charge in [0.25, 0.3) is 5.69 Å². The number of hydrogen-bond donors (Lipinski definition) is 0.